The largest absolute Gasteiger partial charge is 0.394 e. The van der Waals surface area contributed by atoms with Crippen molar-refractivity contribution in [3.05, 3.63) is 53.6 Å². The van der Waals surface area contributed by atoms with Gasteiger partial charge in [0.05, 0.1) is 25.4 Å². The molecule has 1 saturated heterocycles. The number of amides is 7. The number of hydrogen-bond acceptors (Lipinski definition) is 11. The van der Waals surface area contributed by atoms with Gasteiger partial charge in [-0.15, -0.1) is 0 Å². The van der Waals surface area contributed by atoms with Gasteiger partial charge < -0.3 is 42.0 Å². The summed E-state index contributed by atoms with van der Waals surface area (Å²) in [7, 11) is 0. The maximum atomic E-state index is 13.3. The van der Waals surface area contributed by atoms with Gasteiger partial charge in [-0.05, 0) is 25.3 Å². The maximum Gasteiger partial charge on any atom is 0.249 e. The number of carbonyl (C=O) groups is 7. The third-order valence-electron chi connectivity index (χ3n) is 7.87. The first-order valence-corrected chi connectivity index (χ1v) is 16.2. The zero-order valence-corrected chi connectivity index (χ0v) is 28.1. The second-order valence-corrected chi connectivity index (χ2v) is 12.0. The minimum Gasteiger partial charge on any atom is -0.394 e. The second-order valence-electron chi connectivity index (χ2n) is 11.6. The van der Waals surface area contributed by atoms with E-state index in [4.69, 9.17) is 5.73 Å². The highest BCUT2D eigenvalue weighted by atomic mass is 32.1. The Bertz CT molecular complexity index is 1490. The lowest BCUT2D eigenvalue weighted by atomic mass is 10.1. The normalized spacial score (nSPS) is 16.5. The molecule has 0 saturated carbocycles. The van der Waals surface area contributed by atoms with Gasteiger partial charge in [-0.2, -0.15) is 12.6 Å². The summed E-state index contributed by atoms with van der Waals surface area (Å²) in [5.74, 6) is -5.52. The molecule has 7 amide bonds. The molecule has 1 aromatic heterocycles. The van der Waals surface area contributed by atoms with Crippen molar-refractivity contribution in [2.24, 2.45) is 5.73 Å². The van der Waals surface area contributed by atoms with Gasteiger partial charge in [-0.3, -0.25) is 38.9 Å². The molecule has 9 N–H and O–H groups in total. The molecule has 2 heterocycles. The quantitative estimate of drug-likeness (QED) is 0.0773. The zero-order chi connectivity index (χ0) is 36.1. The summed E-state index contributed by atoms with van der Waals surface area (Å²) in [4.78, 5) is 97.1. The van der Waals surface area contributed by atoms with E-state index in [1.54, 1.807) is 0 Å². The van der Waals surface area contributed by atoms with Crippen LogP contribution in [-0.2, 0) is 46.5 Å². The minimum absolute atomic E-state index is 0.0555. The molecule has 17 nitrogen and oxygen atoms in total. The molecule has 0 spiro atoms. The number of likely N-dealkylation sites (tertiary alicyclic amines) is 1. The summed E-state index contributed by atoms with van der Waals surface area (Å²) in [5.41, 5.74) is 7.82. The minimum atomic E-state index is -1.56. The first kappa shape index (κ1) is 38.6. The number of thiol groups is 1. The Hall–Kier alpha value is -4.81. The van der Waals surface area contributed by atoms with Crippen LogP contribution in [0.1, 0.15) is 43.0 Å². The average Bonchev–Trinajstić information content (AvgIpc) is 3.77. The molecule has 0 bridgehead atoms. The van der Waals surface area contributed by atoms with Crippen molar-refractivity contribution in [1.29, 1.82) is 0 Å². The van der Waals surface area contributed by atoms with Crippen LogP contribution in [0.4, 0.5) is 0 Å². The predicted octanol–water partition coefficient (Wildman–Crippen LogP) is -2.68. The van der Waals surface area contributed by atoms with Gasteiger partial charge in [-0.25, -0.2) is 4.98 Å². The van der Waals surface area contributed by atoms with Gasteiger partial charge in [0.15, 0.2) is 0 Å². The predicted molar refractivity (Wildman–Crippen MR) is 178 cm³/mol. The Kier molecular flexibility index (Phi) is 14.7. The van der Waals surface area contributed by atoms with Crippen LogP contribution in [0, 0.1) is 6.92 Å². The van der Waals surface area contributed by atoms with E-state index in [1.165, 1.54) is 24.3 Å². The number of aryl methyl sites for hydroxylation is 1. The van der Waals surface area contributed by atoms with Gasteiger partial charge >= 0.3 is 0 Å². The second kappa shape index (κ2) is 18.7. The van der Waals surface area contributed by atoms with E-state index >= 15 is 0 Å². The highest BCUT2D eigenvalue weighted by Crippen LogP contribution is 2.18. The monoisotopic (exact) mass is 701 g/mol. The number of aromatic amines is 1. The zero-order valence-electron chi connectivity index (χ0n) is 27.2. The van der Waals surface area contributed by atoms with E-state index in [0.717, 1.165) is 11.1 Å². The molecule has 18 heteroatoms. The first-order chi connectivity index (χ1) is 23.3. The number of nitrogens with zero attached hydrogens (tertiary/aromatic N) is 2. The molecule has 3 rings (SSSR count). The number of hydrogen-bond donors (Lipinski definition) is 9. The summed E-state index contributed by atoms with van der Waals surface area (Å²) in [6.07, 6.45) is 3.33. The van der Waals surface area contributed by atoms with Gasteiger partial charge in [-0.1, -0.05) is 29.8 Å². The molecule has 0 aliphatic carbocycles. The summed E-state index contributed by atoms with van der Waals surface area (Å²) in [5, 5.41) is 22.3. The number of imidazole rings is 1. The average molecular weight is 702 g/mol. The molecule has 1 fully saturated rings. The third-order valence-corrected chi connectivity index (χ3v) is 8.24. The lowest BCUT2D eigenvalue weighted by molar-refractivity contribution is -0.138. The van der Waals surface area contributed by atoms with Gasteiger partial charge in [0.1, 0.15) is 24.2 Å². The SMILES string of the molecule is CC(=O)N1CCC[C@H]1C(=O)N[C@@H](Cc1cnc[nH]1)C(=O)N[C@@H](CO)C(=O)N[C@@H](CS)C(=O)NC(=O)C[C@H](NCc1ccc(C)cc1)C(N)=O. The number of benzene rings is 1. The third kappa shape index (κ3) is 11.7. The Morgan fingerprint density at radius 3 is 2.27 bits per heavy atom. The van der Waals surface area contributed by atoms with Crippen molar-refractivity contribution in [1.82, 2.24) is 41.5 Å². The molecular formula is C31H43N9O8S. The molecule has 1 aliphatic heterocycles. The van der Waals surface area contributed by atoms with Crippen molar-refractivity contribution >= 4 is 54.0 Å². The number of nitrogens with one attached hydrogen (secondary N) is 6. The number of rotatable bonds is 17. The van der Waals surface area contributed by atoms with Crippen molar-refractivity contribution < 1.29 is 38.7 Å². The van der Waals surface area contributed by atoms with Crippen LogP contribution < -0.4 is 32.3 Å². The molecule has 0 unspecified atom stereocenters. The van der Waals surface area contributed by atoms with E-state index in [0.29, 0.717) is 25.1 Å². The Labute approximate surface area is 288 Å². The number of aromatic nitrogens is 2. The molecule has 1 aliphatic rings. The van der Waals surface area contributed by atoms with Gasteiger partial charge in [0, 0.05) is 44.1 Å². The van der Waals surface area contributed by atoms with Gasteiger partial charge in [0.25, 0.3) is 0 Å². The fourth-order valence-electron chi connectivity index (χ4n) is 5.12. The van der Waals surface area contributed by atoms with Gasteiger partial charge in [0.2, 0.25) is 41.4 Å². The van der Waals surface area contributed by atoms with Crippen LogP contribution >= 0.6 is 12.6 Å². The summed E-state index contributed by atoms with van der Waals surface area (Å²) >= 11 is 4.08. The molecule has 5 atom stereocenters. The van der Waals surface area contributed by atoms with Crippen LogP contribution in [0.2, 0.25) is 0 Å². The van der Waals surface area contributed by atoms with E-state index in [2.05, 4.69) is 49.2 Å². The van der Waals surface area contributed by atoms with Crippen LogP contribution in [0.25, 0.3) is 0 Å². The van der Waals surface area contributed by atoms with Crippen molar-refractivity contribution in [3.8, 4) is 0 Å². The van der Waals surface area contributed by atoms with Crippen LogP contribution in [0.15, 0.2) is 36.8 Å². The van der Waals surface area contributed by atoms with Crippen molar-refractivity contribution in [2.45, 2.75) is 76.3 Å². The van der Waals surface area contributed by atoms with Crippen LogP contribution in [0.5, 0.6) is 0 Å². The summed E-state index contributed by atoms with van der Waals surface area (Å²) < 4.78 is 0. The van der Waals surface area contributed by atoms with E-state index in [1.807, 2.05) is 31.2 Å². The number of carbonyl (C=O) groups excluding carboxylic acids is 7. The number of aliphatic hydroxyl groups is 1. The lowest BCUT2D eigenvalue weighted by Crippen LogP contribution is -2.60. The van der Waals surface area contributed by atoms with E-state index < -0.39 is 78.7 Å². The summed E-state index contributed by atoms with van der Waals surface area (Å²) in [6.45, 7) is 3.04. The number of H-pyrrole nitrogens is 1. The highest BCUT2D eigenvalue weighted by molar-refractivity contribution is 7.80. The van der Waals surface area contributed by atoms with Crippen LogP contribution in [-0.4, -0.2) is 110 Å². The number of nitrogens with two attached hydrogens (primary N) is 1. The highest BCUT2D eigenvalue weighted by Gasteiger charge is 2.36. The molecule has 49 heavy (non-hydrogen) atoms. The molecule has 266 valence electrons. The number of aliphatic hydroxyl groups excluding tert-OH is 1. The number of primary amides is 1. The molecule has 2 aromatic rings. The Balaban J connectivity index is 1.59. The topological polar surface area (TPSA) is 258 Å². The first-order valence-electron chi connectivity index (χ1n) is 15.6. The van der Waals surface area contributed by atoms with Crippen molar-refractivity contribution in [3.63, 3.8) is 0 Å². The van der Waals surface area contributed by atoms with Crippen LogP contribution in [0.3, 0.4) is 0 Å². The van der Waals surface area contributed by atoms with Crippen molar-refractivity contribution in [2.75, 3.05) is 18.9 Å². The molecular weight excluding hydrogens is 658 g/mol. The molecule has 0 radical (unpaired) electrons. The standard InChI is InChI=1S/C31H43N9O8S/c1-17-5-7-19(8-6-17)12-34-21(27(32)44)11-26(43)39-30(47)24(15-49)38-29(46)23(14-41)37-28(45)22(10-20-13-33-16-35-20)36-31(48)25-4-3-9-40(25)18(2)42/h5-8,13,16,21-25,34,41,49H,3-4,9-12,14-15H2,1-2H3,(H2,32,44)(H,33,35)(H,36,48)(H,37,45)(H,38,46)(H,39,43,47)/t21-,22-,23-,24-,25-/m0/s1. The summed E-state index contributed by atoms with van der Waals surface area (Å²) in [6, 6.07) is 1.43. The Morgan fingerprint density at radius 2 is 1.67 bits per heavy atom. The van der Waals surface area contributed by atoms with E-state index in [-0.39, 0.29) is 24.6 Å². The number of imide groups is 1. The maximum absolute atomic E-state index is 13.3. The van der Waals surface area contributed by atoms with E-state index in [9.17, 15) is 38.7 Å². The fraction of sp³-hybridized carbons (Fsp3) is 0.484. The fourth-order valence-corrected chi connectivity index (χ4v) is 5.38. The lowest BCUT2D eigenvalue weighted by Gasteiger charge is -2.26. The molecule has 1 aromatic carbocycles. The smallest absolute Gasteiger partial charge is 0.249 e. The Morgan fingerprint density at radius 1 is 1.00 bits per heavy atom.